The van der Waals surface area contributed by atoms with E-state index in [0.29, 0.717) is 17.1 Å². The van der Waals surface area contributed by atoms with Crippen molar-refractivity contribution in [2.24, 2.45) is 0 Å². The van der Waals surface area contributed by atoms with Gasteiger partial charge in [0, 0.05) is 11.4 Å². The van der Waals surface area contributed by atoms with Gasteiger partial charge in [0.15, 0.2) is 0 Å². The summed E-state index contributed by atoms with van der Waals surface area (Å²) in [6, 6.07) is 1.56. The number of urea groups is 1. The highest BCUT2D eigenvalue weighted by molar-refractivity contribution is 7.14. The fourth-order valence-corrected chi connectivity index (χ4v) is 2.93. The number of thiophene rings is 1. The molecule has 124 valence electrons. The lowest BCUT2D eigenvalue weighted by Gasteiger charge is -2.15. The first kappa shape index (κ1) is 18.5. The van der Waals surface area contributed by atoms with Crippen LogP contribution < -0.4 is 10.6 Å². The van der Waals surface area contributed by atoms with Gasteiger partial charge in [-0.15, -0.1) is 11.3 Å². The van der Waals surface area contributed by atoms with Gasteiger partial charge in [0.1, 0.15) is 4.88 Å². The Morgan fingerprint density at radius 1 is 1.27 bits per heavy atom. The first-order valence-corrected chi connectivity index (χ1v) is 8.38. The van der Waals surface area contributed by atoms with E-state index in [1.807, 2.05) is 6.07 Å². The Labute approximate surface area is 136 Å². The lowest BCUT2D eigenvalue weighted by atomic mass is 9.94. The number of methoxy groups -OCH3 is 1. The van der Waals surface area contributed by atoms with Crippen LogP contribution in [0.4, 0.5) is 10.5 Å². The van der Waals surface area contributed by atoms with Crippen molar-refractivity contribution in [3.8, 4) is 0 Å². The van der Waals surface area contributed by atoms with E-state index in [1.54, 1.807) is 0 Å². The van der Waals surface area contributed by atoms with Crippen LogP contribution >= 0.6 is 11.3 Å². The summed E-state index contributed by atoms with van der Waals surface area (Å²) in [5, 5.41) is 5.56. The molecule has 0 bridgehead atoms. The molecule has 0 aliphatic rings. The predicted molar refractivity (Wildman–Crippen MR) is 90.9 cm³/mol. The van der Waals surface area contributed by atoms with Crippen molar-refractivity contribution in [3.05, 3.63) is 15.8 Å². The van der Waals surface area contributed by atoms with Gasteiger partial charge in [-0.2, -0.15) is 0 Å². The number of esters is 1. The molecule has 2 N–H and O–H groups in total. The highest BCUT2D eigenvalue weighted by atomic mass is 32.1. The molecule has 1 aromatic heterocycles. The molecule has 1 aromatic rings. The molecule has 0 aliphatic heterocycles. The van der Waals surface area contributed by atoms with E-state index < -0.39 is 5.97 Å². The van der Waals surface area contributed by atoms with E-state index in [1.165, 1.54) is 18.4 Å². The van der Waals surface area contributed by atoms with Crippen molar-refractivity contribution in [3.63, 3.8) is 0 Å². The molecule has 0 aromatic carbocycles. The monoisotopic (exact) mass is 326 g/mol. The molecular formula is C16H26N2O3S. The Morgan fingerprint density at radius 2 is 1.95 bits per heavy atom. The molecule has 0 radical (unpaired) electrons. The maximum atomic E-state index is 11.9. The molecule has 5 nitrogen and oxygen atoms in total. The Bertz CT molecular complexity index is 518. The summed E-state index contributed by atoms with van der Waals surface area (Å²) in [5.74, 6) is -0.429. The van der Waals surface area contributed by atoms with Gasteiger partial charge in [0.05, 0.1) is 12.8 Å². The lowest BCUT2D eigenvalue weighted by molar-refractivity contribution is 0.0607. The molecule has 0 fully saturated rings. The highest BCUT2D eigenvalue weighted by Gasteiger charge is 2.24. The summed E-state index contributed by atoms with van der Waals surface area (Å²) in [5.41, 5.74) is 0.417. The van der Waals surface area contributed by atoms with Crippen molar-refractivity contribution in [1.82, 2.24) is 5.32 Å². The summed E-state index contributed by atoms with van der Waals surface area (Å²) in [6.45, 7) is 8.93. The van der Waals surface area contributed by atoms with Crippen LogP contribution in [-0.2, 0) is 10.2 Å². The van der Waals surface area contributed by atoms with Gasteiger partial charge >= 0.3 is 12.0 Å². The van der Waals surface area contributed by atoms with Crippen LogP contribution in [-0.4, -0.2) is 25.7 Å². The van der Waals surface area contributed by atoms with E-state index in [-0.39, 0.29) is 11.4 Å². The topological polar surface area (TPSA) is 67.4 Å². The SMILES string of the molecule is CCCCCNC(=O)Nc1cc(C(C)(C)C)sc1C(=O)OC. The largest absolute Gasteiger partial charge is 0.465 e. The molecule has 2 amide bonds. The molecule has 0 spiro atoms. The second kappa shape index (κ2) is 8.17. The molecule has 0 unspecified atom stereocenters. The maximum Gasteiger partial charge on any atom is 0.350 e. The minimum atomic E-state index is -0.429. The highest BCUT2D eigenvalue weighted by Crippen LogP contribution is 2.35. The van der Waals surface area contributed by atoms with Crippen LogP contribution in [0.15, 0.2) is 6.07 Å². The van der Waals surface area contributed by atoms with Gasteiger partial charge in [-0.1, -0.05) is 40.5 Å². The van der Waals surface area contributed by atoms with Crippen LogP contribution in [0, 0.1) is 0 Å². The average molecular weight is 326 g/mol. The molecule has 6 heteroatoms. The first-order chi connectivity index (χ1) is 10.3. The van der Waals surface area contributed by atoms with Crippen LogP contribution in [0.1, 0.15) is 61.5 Å². The van der Waals surface area contributed by atoms with Gasteiger partial charge in [-0.25, -0.2) is 9.59 Å². The molecule has 22 heavy (non-hydrogen) atoms. The van der Waals surface area contributed by atoms with Crippen LogP contribution in [0.2, 0.25) is 0 Å². The number of nitrogens with one attached hydrogen (secondary N) is 2. The molecule has 1 heterocycles. The fraction of sp³-hybridized carbons (Fsp3) is 0.625. The number of rotatable bonds is 6. The minimum Gasteiger partial charge on any atom is -0.465 e. The summed E-state index contributed by atoms with van der Waals surface area (Å²) < 4.78 is 4.80. The zero-order valence-electron chi connectivity index (χ0n) is 14.0. The number of carbonyl (C=O) groups is 2. The number of anilines is 1. The van der Waals surface area contributed by atoms with Gasteiger partial charge in [-0.05, 0) is 17.9 Å². The van der Waals surface area contributed by atoms with Crippen molar-refractivity contribution < 1.29 is 14.3 Å². The normalized spacial score (nSPS) is 11.1. The number of carbonyl (C=O) groups excluding carboxylic acids is 2. The molecule has 1 rings (SSSR count). The van der Waals surface area contributed by atoms with Crippen molar-refractivity contribution in [2.45, 2.75) is 52.4 Å². The second-order valence-corrected chi connectivity index (χ2v) is 7.24. The zero-order chi connectivity index (χ0) is 16.8. The van der Waals surface area contributed by atoms with Crippen molar-refractivity contribution in [1.29, 1.82) is 0 Å². The second-order valence-electron chi connectivity index (χ2n) is 6.18. The number of hydrogen-bond donors (Lipinski definition) is 2. The Hall–Kier alpha value is -1.56. The van der Waals surface area contributed by atoms with Gasteiger partial charge < -0.3 is 15.4 Å². The minimum absolute atomic E-state index is 0.0923. The van der Waals surface area contributed by atoms with Crippen LogP contribution in [0.25, 0.3) is 0 Å². The summed E-state index contributed by atoms with van der Waals surface area (Å²) in [7, 11) is 1.34. The number of ether oxygens (including phenoxy) is 1. The Balaban J connectivity index is 2.81. The van der Waals surface area contributed by atoms with Crippen LogP contribution in [0.5, 0.6) is 0 Å². The van der Waals surface area contributed by atoms with E-state index in [2.05, 4.69) is 38.3 Å². The summed E-state index contributed by atoms with van der Waals surface area (Å²) in [4.78, 5) is 25.2. The molecular weight excluding hydrogens is 300 g/mol. The third-order valence-corrected chi connectivity index (χ3v) is 4.70. The van der Waals surface area contributed by atoms with E-state index in [0.717, 1.165) is 24.1 Å². The van der Waals surface area contributed by atoms with Gasteiger partial charge in [0.2, 0.25) is 0 Å². The van der Waals surface area contributed by atoms with E-state index >= 15 is 0 Å². The van der Waals surface area contributed by atoms with Gasteiger partial charge in [-0.3, -0.25) is 0 Å². The molecule has 0 saturated carbocycles. The summed E-state index contributed by atoms with van der Waals surface area (Å²) >= 11 is 1.36. The smallest absolute Gasteiger partial charge is 0.350 e. The predicted octanol–water partition coefficient (Wildman–Crippen LogP) is 4.14. The van der Waals surface area contributed by atoms with E-state index in [9.17, 15) is 9.59 Å². The molecule has 0 aliphatic carbocycles. The third-order valence-electron chi connectivity index (χ3n) is 3.16. The average Bonchev–Trinajstić information content (AvgIpc) is 2.86. The summed E-state index contributed by atoms with van der Waals surface area (Å²) in [6.07, 6.45) is 3.14. The Kier molecular flexibility index (Phi) is 6.87. The fourth-order valence-electron chi connectivity index (χ4n) is 1.84. The maximum absolute atomic E-state index is 11.9. The van der Waals surface area contributed by atoms with E-state index in [4.69, 9.17) is 4.74 Å². The third kappa shape index (κ3) is 5.33. The molecule has 0 atom stereocenters. The lowest BCUT2D eigenvalue weighted by Crippen LogP contribution is -2.29. The zero-order valence-corrected chi connectivity index (χ0v) is 14.9. The first-order valence-electron chi connectivity index (χ1n) is 7.57. The number of hydrogen-bond acceptors (Lipinski definition) is 4. The van der Waals surface area contributed by atoms with Gasteiger partial charge in [0.25, 0.3) is 0 Å². The number of unbranched alkanes of at least 4 members (excludes halogenated alkanes) is 2. The standard InChI is InChI=1S/C16H26N2O3S/c1-6-7-8-9-17-15(20)18-11-10-12(16(2,3)4)22-13(11)14(19)21-5/h10H,6-9H2,1-5H3,(H2,17,18,20). The van der Waals surface area contributed by atoms with Crippen molar-refractivity contribution >= 4 is 29.0 Å². The van der Waals surface area contributed by atoms with Crippen molar-refractivity contribution in [2.75, 3.05) is 19.0 Å². The quantitative estimate of drug-likeness (QED) is 0.610. The number of amides is 2. The van der Waals surface area contributed by atoms with Crippen LogP contribution in [0.3, 0.4) is 0 Å². The Morgan fingerprint density at radius 3 is 2.50 bits per heavy atom. The molecule has 0 saturated heterocycles.